The average Bonchev–Trinajstić information content (AvgIpc) is 3.42. The van der Waals surface area contributed by atoms with E-state index < -0.39 is 0 Å². The summed E-state index contributed by atoms with van der Waals surface area (Å²) in [6.07, 6.45) is 0.819. The highest BCUT2D eigenvalue weighted by molar-refractivity contribution is 7.08. The van der Waals surface area contributed by atoms with Crippen molar-refractivity contribution in [3.05, 3.63) is 124 Å². The van der Waals surface area contributed by atoms with Gasteiger partial charge in [-0.1, -0.05) is 72.3 Å². The van der Waals surface area contributed by atoms with E-state index in [9.17, 15) is 4.79 Å². The van der Waals surface area contributed by atoms with Gasteiger partial charge in [-0.25, -0.2) is 4.98 Å². The molecule has 34 heavy (non-hydrogen) atoms. The summed E-state index contributed by atoms with van der Waals surface area (Å²) < 4.78 is 0. The van der Waals surface area contributed by atoms with Gasteiger partial charge in [-0.15, -0.1) is 0 Å². The Morgan fingerprint density at radius 1 is 0.912 bits per heavy atom. The molecule has 0 aliphatic heterocycles. The first kappa shape index (κ1) is 22.1. The maximum atomic E-state index is 13.4. The van der Waals surface area contributed by atoms with Crippen molar-refractivity contribution in [3.63, 3.8) is 0 Å². The van der Waals surface area contributed by atoms with Gasteiger partial charge in [0.05, 0.1) is 16.8 Å². The highest BCUT2D eigenvalue weighted by Crippen LogP contribution is 2.29. The highest BCUT2D eigenvalue weighted by Gasteiger charge is 2.17. The van der Waals surface area contributed by atoms with Gasteiger partial charge >= 0.3 is 0 Å². The van der Waals surface area contributed by atoms with Crippen LogP contribution >= 0.6 is 11.3 Å². The maximum Gasteiger partial charge on any atom is 0.252 e. The minimum atomic E-state index is -0.0608. The van der Waals surface area contributed by atoms with Gasteiger partial charge in [0.1, 0.15) is 0 Å². The van der Waals surface area contributed by atoms with Crippen molar-refractivity contribution >= 4 is 28.1 Å². The molecule has 1 N–H and O–H groups in total. The lowest BCUT2D eigenvalue weighted by Gasteiger charge is -2.19. The van der Waals surface area contributed by atoms with E-state index in [1.165, 1.54) is 11.1 Å². The number of amides is 1. The second kappa shape index (κ2) is 10.0. The second-order valence-electron chi connectivity index (χ2n) is 8.51. The number of aryl methyl sites for hydroxylation is 1. The summed E-state index contributed by atoms with van der Waals surface area (Å²) in [6.45, 7) is 2.62. The number of thiophene rings is 1. The first-order valence-electron chi connectivity index (χ1n) is 11.5. The Bertz CT molecular complexity index is 1360. The first-order chi connectivity index (χ1) is 16.7. The van der Waals surface area contributed by atoms with E-state index in [-0.39, 0.29) is 11.8 Å². The lowest BCUT2D eigenvalue weighted by Crippen LogP contribution is -2.26. The summed E-state index contributed by atoms with van der Waals surface area (Å²) in [5.41, 5.74) is 7.00. The zero-order valence-electron chi connectivity index (χ0n) is 19.1. The van der Waals surface area contributed by atoms with E-state index in [4.69, 9.17) is 4.98 Å². The van der Waals surface area contributed by atoms with Gasteiger partial charge in [0.25, 0.3) is 5.91 Å². The van der Waals surface area contributed by atoms with Crippen LogP contribution in [0.1, 0.15) is 39.4 Å². The van der Waals surface area contributed by atoms with Crippen molar-refractivity contribution in [2.24, 2.45) is 0 Å². The van der Waals surface area contributed by atoms with Gasteiger partial charge < -0.3 is 5.32 Å². The average molecular weight is 463 g/mol. The highest BCUT2D eigenvalue weighted by atomic mass is 32.1. The summed E-state index contributed by atoms with van der Waals surface area (Å²) in [5.74, 6) is 0.162. The van der Waals surface area contributed by atoms with Gasteiger partial charge in [-0.3, -0.25) is 4.79 Å². The minimum absolute atomic E-state index is 0.0608. The Morgan fingerprint density at radius 3 is 2.26 bits per heavy atom. The Morgan fingerprint density at radius 2 is 1.62 bits per heavy atom. The molecule has 0 radical (unpaired) electrons. The van der Waals surface area contributed by atoms with Crippen LogP contribution in [0.3, 0.4) is 0 Å². The van der Waals surface area contributed by atoms with Gasteiger partial charge in [0.15, 0.2) is 0 Å². The zero-order chi connectivity index (χ0) is 23.3. The minimum Gasteiger partial charge on any atom is -0.352 e. The lowest BCUT2D eigenvalue weighted by molar-refractivity contribution is 0.0954. The van der Waals surface area contributed by atoms with E-state index in [1.807, 2.05) is 54.8 Å². The summed E-state index contributed by atoms with van der Waals surface area (Å²) >= 11 is 1.63. The van der Waals surface area contributed by atoms with E-state index in [1.54, 1.807) is 11.3 Å². The second-order valence-corrected chi connectivity index (χ2v) is 9.29. The molecule has 0 aliphatic carbocycles. The molecule has 0 aliphatic rings. The monoisotopic (exact) mass is 462 g/mol. The van der Waals surface area contributed by atoms with Crippen molar-refractivity contribution in [1.29, 1.82) is 0 Å². The molecule has 0 saturated carbocycles. The van der Waals surface area contributed by atoms with Crippen molar-refractivity contribution in [1.82, 2.24) is 10.3 Å². The number of nitrogens with one attached hydrogen (secondary N) is 1. The van der Waals surface area contributed by atoms with Gasteiger partial charge in [-0.05, 0) is 54.1 Å². The normalized spacial score (nSPS) is 11.1. The molecule has 3 nitrogen and oxygen atoms in total. The Labute approximate surface area is 204 Å². The largest absolute Gasteiger partial charge is 0.352 e. The molecule has 0 bridgehead atoms. The number of hydrogen-bond acceptors (Lipinski definition) is 3. The molecule has 168 valence electrons. The fourth-order valence-corrected chi connectivity index (χ4v) is 5.06. The van der Waals surface area contributed by atoms with Crippen molar-refractivity contribution in [3.8, 4) is 11.3 Å². The molecule has 0 atom stereocenters. The molecule has 1 amide bonds. The van der Waals surface area contributed by atoms with Crippen molar-refractivity contribution < 1.29 is 4.79 Å². The smallest absolute Gasteiger partial charge is 0.252 e. The molecule has 3 aromatic carbocycles. The van der Waals surface area contributed by atoms with Crippen molar-refractivity contribution in [2.45, 2.75) is 19.3 Å². The van der Waals surface area contributed by atoms with E-state index in [0.29, 0.717) is 12.1 Å². The molecule has 5 aromatic rings. The number of aromatic nitrogens is 1. The van der Waals surface area contributed by atoms with Crippen LogP contribution in [-0.4, -0.2) is 17.4 Å². The topological polar surface area (TPSA) is 42.0 Å². The lowest BCUT2D eigenvalue weighted by atomic mass is 9.88. The summed E-state index contributed by atoms with van der Waals surface area (Å²) in [7, 11) is 0. The fourth-order valence-electron chi connectivity index (χ4n) is 4.41. The molecule has 2 heterocycles. The summed E-state index contributed by atoms with van der Waals surface area (Å²) in [6, 6.07) is 31.0. The van der Waals surface area contributed by atoms with Crippen LogP contribution in [0, 0.1) is 6.92 Å². The number of rotatable bonds is 7. The third kappa shape index (κ3) is 4.78. The number of hydrogen-bond donors (Lipinski definition) is 1. The molecule has 0 spiro atoms. The summed E-state index contributed by atoms with van der Waals surface area (Å²) in [4.78, 5) is 18.2. The molecule has 0 saturated heterocycles. The predicted octanol–water partition coefficient (Wildman–Crippen LogP) is 7.22. The number of carbonyl (C=O) groups is 1. The van der Waals surface area contributed by atoms with Crippen LogP contribution in [-0.2, 0) is 0 Å². The molecule has 2 aromatic heterocycles. The van der Waals surface area contributed by atoms with E-state index in [0.717, 1.165) is 34.1 Å². The van der Waals surface area contributed by atoms with Gasteiger partial charge in [-0.2, -0.15) is 11.3 Å². The Balaban J connectivity index is 1.40. The van der Waals surface area contributed by atoms with E-state index in [2.05, 4.69) is 59.2 Å². The fraction of sp³-hybridized carbons (Fsp3) is 0.133. The SMILES string of the molecule is Cc1ccc2nc(-c3ccsc3)cc(C(=O)NCCC(c3ccccc3)c3ccccc3)c2c1. The van der Waals surface area contributed by atoms with Crippen LogP contribution in [0.4, 0.5) is 0 Å². The van der Waals surface area contributed by atoms with Crippen LogP contribution in [0.15, 0.2) is 102 Å². The molecular formula is C30H26N2OS. The Hall–Kier alpha value is -3.76. The summed E-state index contributed by atoms with van der Waals surface area (Å²) in [5, 5.41) is 8.17. The zero-order valence-corrected chi connectivity index (χ0v) is 19.9. The van der Waals surface area contributed by atoms with Crippen LogP contribution in [0.5, 0.6) is 0 Å². The standard InChI is InChI=1S/C30H26N2OS/c1-21-12-13-28-26(18-21)27(19-29(32-28)24-15-17-34-20-24)30(33)31-16-14-25(22-8-4-2-5-9-22)23-10-6-3-7-11-23/h2-13,15,17-20,25H,14,16H2,1H3,(H,31,33). The number of pyridine rings is 1. The molecule has 0 fully saturated rings. The molecular weight excluding hydrogens is 436 g/mol. The number of carbonyl (C=O) groups excluding carboxylic acids is 1. The van der Waals surface area contributed by atoms with Crippen LogP contribution in [0.2, 0.25) is 0 Å². The van der Waals surface area contributed by atoms with E-state index >= 15 is 0 Å². The number of fused-ring (bicyclic) bond motifs is 1. The molecule has 5 rings (SSSR count). The Kier molecular flexibility index (Phi) is 6.50. The maximum absolute atomic E-state index is 13.4. The van der Waals surface area contributed by atoms with Gasteiger partial charge in [0.2, 0.25) is 0 Å². The van der Waals surface area contributed by atoms with Crippen molar-refractivity contribution in [2.75, 3.05) is 6.54 Å². The number of benzene rings is 3. The van der Waals surface area contributed by atoms with Gasteiger partial charge in [0, 0.05) is 28.8 Å². The van der Waals surface area contributed by atoms with Crippen LogP contribution in [0.25, 0.3) is 22.2 Å². The molecule has 0 unspecified atom stereocenters. The molecule has 4 heteroatoms. The first-order valence-corrected chi connectivity index (χ1v) is 12.5. The number of nitrogens with zero attached hydrogens (tertiary/aromatic N) is 1. The quantitative estimate of drug-likeness (QED) is 0.277. The predicted molar refractivity (Wildman–Crippen MR) is 141 cm³/mol. The third-order valence-corrected chi connectivity index (χ3v) is 6.83. The third-order valence-electron chi connectivity index (χ3n) is 6.15. The van der Waals surface area contributed by atoms with Crippen LogP contribution < -0.4 is 5.32 Å².